The summed E-state index contributed by atoms with van der Waals surface area (Å²) in [6, 6.07) is 9.24. The van der Waals surface area contributed by atoms with Gasteiger partial charge in [0.2, 0.25) is 0 Å². The number of anilines is 1. The highest BCUT2D eigenvalue weighted by Gasteiger charge is 2.24. The van der Waals surface area contributed by atoms with E-state index in [1.807, 2.05) is 6.07 Å². The maximum absolute atomic E-state index is 9.49. The summed E-state index contributed by atoms with van der Waals surface area (Å²) in [5.74, 6) is 0.791. The van der Waals surface area contributed by atoms with E-state index in [0.29, 0.717) is 6.04 Å². The fourth-order valence-corrected chi connectivity index (χ4v) is 3.21. The van der Waals surface area contributed by atoms with Crippen LogP contribution >= 0.6 is 0 Å². The molecule has 0 saturated carbocycles. The highest BCUT2D eigenvalue weighted by molar-refractivity contribution is 5.61. The van der Waals surface area contributed by atoms with E-state index < -0.39 is 0 Å². The quantitative estimate of drug-likeness (QED) is 0.839. The van der Waals surface area contributed by atoms with Crippen LogP contribution in [-0.2, 0) is 6.54 Å². The molecule has 0 amide bonds. The van der Waals surface area contributed by atoms with E-state index >= 15 is 0 Å². The lowest BCUT2D eigenvalue weighted by Crippen LogP contribution is -2.40. The van der Waals surface area contributed by atoms with Gasteiger partial charge in [-0.1, -0.05) is 19.9 Å². The molecule has 3 nitrogen and oxygen atoms in total. The number of hydrogen-bond donors (Lipinski definition) is 1. The van der Waals surface area contributed by atoms with Gasteiger partial charge < -0.3 is 10.2 Å². The summed E-state index contributed by atoms with van der Waals surface area (Å²) in [7, 11) is 0. The molecular weight excluding hydrogens is 258 g/mol. The lowest BCUT2D eigenvalue weighted by atomic mass is 9.92. The van der Waals surface area contributed by atoms with Gasteiger partial charge in [0.25, 0.3) is 0 Å². The molecule has 1 saturated heterocycles. The summed E-state index contributed by atoms with van der Waals surface area (Å²) in [4.78, 5) is 2.40. The second-order valence-electron chi connectivity index (χ2n) is 6.31. The van der Waals surface area contributed by atoms with Gasteiger partial charge in [-0.3, -0.25) is 0 Å². The molecule has 0 aliphatic carbocycles. The second-order valence-corrected chi connectivity index (χ2v) is 6.31. The van der Waals surface area contributed by atoms with Crippen molar-refractivity contribution >= 4 is 5.69 Å². The number of hydrogen-bond acceptors (Lipinski definition) is 3. The molecule has 0 aromatic heterocycles. The number of nitrogens with zero attached hydrogens (tertiary/aromatic N) is 2. The van der Waals surface area contributed by atoms with Gasteiger partial charge >= 0.3 is 0 Å². The minimum absolute atomic E-state index is 0.518. The molecule has 1 aliphatic heterocycles. The third-order valence-electron chi connectivity index (χ3n) is 4.39. The van der Waals surface area contributed by atoms with Crippen molar-refractivity contribution in [3.63, 3.8) is 0 Å². The molecule has 1 N–H and O–H groups in total. The zero-order valence-corrected chi connectivity index (χ0v) is 13.5. The predicted octanol–water partition coefficient (Wildman–Crippen LogP) is 3.68. The van der Waals surface area contributed by atoms with Crippen molar-refractivity contribution < 1.29 is 0 Å². The lowest BCUT2D eigenvalue weighted by Gasteiger charge is -2.38. The number of nitrogens with one attached hydrogen (secondary N) is 1. The molecule has 0 spiro atoms. The summed E-state index contributed by atoms with van der Waals surface area (Å²) in [5.41, 5.74) is 3.12. The lowest BCUT2D eigenvalue weighted by molar-refractivity contribution is 0.378. The van der Waals surface area contributed by atoms with E-state index in [0.717, 1.165) is 43.2 Å². The van der Waals surface area contributed by atoms with E-state index in [1.165, 1.54) is 18.4 Å². The van der Waals surface area contributed by atoms with Crippen LogP contribution in [0.15, 0.2) is 18.2 Å². The van der Waals surface area contributed by atoms with E-state index in [1.54, 1.807) is 0 Å². The summed E-state index contributed by atoms with van der Waals surface area (Å²) in [5, 5.41) is 12.9. The monoisotopic (exact) mass is 285 g/mol. The van der Waals surface area contributed by atoms with Crippen LogP contribution in [0, 0.1) is 17.2 Å². The maximum Gasteiger partial charge on any atom is 0.101 e. The molecule has 0 bridgehead atoms. The Morgan fingerprint density at radius 2 is 2.19 bits per heavy atom. The van der Waals surface area contributed by atoms with Gasteiger partial charge in [-0.05, 0) is 56.3 Å². The molecule has 2 rings (SSSR count). The molecule has 2 atom stereocenters. The Bertz CT molecular complexity index is 504. The smallest absolute Gasteiger partial charge is 0.101 e. The van der Waals surface area contributed by atoms with Crippen LogP contribution in [0.4, 0.5) is 5.69 Å². The first-order valence-electron chi connectivity index (χ1n) is 8.16. The molecule has 2 unspecified atom stereocenters. The van der Waals surface area contributed by atoms with E-state index in [9.17, 15) is 5.26 Å². The van der Waals surface area contributed by atoms with Gasteiger partial charge in [0.05, 0.1) is 11.3 Å². The molecule has 1 heterocycles. The van der Waals surface area contributed by atoms with Gasteiger partial charge in [0.1, 0.15) is 6.07 Å². The Morgan fingerprint density at radius 1 is 1.38 bits per heavy atom. The minimum atomic E-state index is 0.518. The van der Waals surface area contributed by atoms with E-state index in [2.05, 4.69) is 49.2 Å². The van der Waals surface area contributed by atoms with Crippen molar-refractivity contribution in [2.75, 3.05) is 18.0 Å². The minimum Gasteiger partial charge on any atom is -0.368 e. The topological polar surface area (TPSA) is 39.1 Å². The third-order valence-corrected chi connectivity index (χ3v) is 4.39. The van der Waals surface area contributed by atoms with Crippen LogP contribution in [-0.4, -0.2) is 19.1 Å². The molecule has 1 aromatic rings. The molecular formula is C18H27N3. The van der Waals surface area contributed by atoms with Crippen LogP contribution in [0.1, 0.15) is 51.2 Å². The SMILES string of the molecule is CCCNCc1ccc(N2CCC(C)CC2C)c(C#N)c1. The molecule has 0 radical (unpaired) electrons. The summed E-state index contributed by atoms with van der Waals surface area (Å²) >= 11 is 0. The molecule has 1 fully saturated rings. The summed E-state index contributed by atoms with van der Waals surface area (Å²) in [6.45, 7) is 9.68. The number of piperidine rings is 1. The van der Waals surface area contributed by atoms with Crippen molar-refractivity contribution in [3.05, 3.63) is 29.3 Å². The standard InChI is InChI=1S/C18H27N3/c1-4-8-20-13-16-5-6-18(17(11-16)12-19)21-9-7-14(2)10-15(21)3/h5-6,11,14-15,20H,4,7-10,13H2,1-3H3. The Kier molecular flexibility index (Phi) is 5.64. The average Bonchev–Trinajstić information content (AvgIpc) is 2.48. The van der Waals surface area contributed by atoms with Crippen molar-refractivity contribution in [1.82, 2.24) is 5.32 Å². The first-order chi connectivity index (χ1) is 10.2. The fourth-order valence-electron chi connectivity index (χ4n) is 3.21. The maximum atomic E-state index is 9.49. The molecule has 1 aliphatic rings. The highest BCUT2D eigenvalue weighted by atomic mass is 15.2. The van der Waals surface area contributed by atoms with E-state index in [4.69, 9.17) is 0 Å². The average molecular weight is 285 g/mol. The molecule has 114 valence electrons. The largest absolute Gasteiger partial charge is 0.368 e. The van der Waals surface area contributed by atoms with Gasteiger partial charge in [0.15, 0.2) is 0 Å². The third kappa shape index (κ3) is 3.98. The van der Waals surface area contributed by atoms with Crippen molar-refractivity contribution in [1.29, 1.82) is 5.26 Å². The van der Waals surface area contributed by atoms with Gasteiger partial charge in [-0.25, -0.2) is 0 Å². The second kappa shape index (κ2) is 7.47. The number of nitriles is 1. The van der Waals surface area contributed by atoms with Crippen molar-refractivity contribution in [2.24, 2.45) is 5.92 Å². The van der Waals surface area contributed by atoms with E-state index in [-0.39, 0.29) is 0 Å². The molecule has 1 aromatic carbocycles. The Morgan fingerprint density at radius 3 is 2.86 bits per heavy atom. The Labute approximate surface area is 129 Å². The van der Waals surface area contributed by atoms with Crippen LogP contribution in [0.5, 0.6) is 0 Å². The molecule has 3 heteroatoms. The predicted molar refractivity (Wildman–Crippen MR) is 88.4 cm³/mol. The van der Waals surface area contributed by atoms with Gasteiger partial charge in [0, 0.05) is 19.1 Å². The normalized spacial score (nSPS) is 22.1. The van der Waals surface area contributed by atoms with Gasteiger partial charge in [-0.15, -0.1) is 0 Å². The summed E-state index contributed by atoms with van der Waals surface area (Å²) < 4.78 is 0. The first kappa shape index (κ1) is 15.9. The molecule has 21 heavy (non-hydrogen) atoms. The summed E-state index contributed by atoms with van der Waals surface area (Å²) in [6.07, 6.45) is 3.56. The van der Waals surface area contributed by atoms with Crippen LogP contribution < -0.4 is 10.2 Å². The van der Waals surface area contributed by atoms with Crippen molar-refractivity contribution in [3.8, 4) is 6.07 Å². The Hall–Kier alpha value is -1.53. The fraction of sp³-hybridized carbons (Fsp3) is 0.611. The van der Waals surface area contributed by atoms with Gasteiger partial charge in [-0.2, -0.15) is 5.26 Å². The van der Waals surface area contributed by atoms with Crippen molar-refractivity contribution in [2.45, 2.75) is 52.6 Å². The Balaban J connectivity index is 2.15. The zero-order chi connectivity index (χ0) is 15.2. The number of benzene rings is 1. The first-order valence-corrected chi connectivity index (χ1v) is 8.16. The van der Waals surface area contributed by atoms with Crippen LogP contribution in [0.3, 0.4) is 0 Å². The zero-order valence-electron chi connectivity index (χ0n) is 13.5. The van der Waals surface area contributed by atoms with Crippen LogP contribution in [0.2, 0.25) is 0 Å². The van der Waals surface area contributed by atoms with Crippen LogP contribution in [0.25, 0.3) is 0 Å². The highest BCUT2D eigenvalue weighted by Crippen LogP contribution is 2.30. The number of rotatable bonds is 5.